The smallest absolute Gasteiger partial charge is 0.325 e. The summed E-state index contributed by atoms with van der Waals surface area (Å²) in [5, 5.41) is 3.13. The standard InChI is InChI=1S/C23H25N3O4/c1-3-4-7-13-25-22(29)19-11-5-6-12-20(19)26(23(25)30)15-21(28)24-18-10-8-9-17(14-18)16(2)27/h5-6,8-12,14H,3-4,7,13,15H2,1-2H3,(H,24,28). The Morgan fingerprint density at radius 1 is 0.967 bits per heavy atom. The van der Waals surface area contributed by atoms with Crippen molar-refractivity contribution in [3.05, 3.63) is 74.9 Å². The Morgan fingerprint density at radius 2 is 1.73 bits per heavy atom. The number of hydrogen-bond acceptors (Lipinski definition) is 4. The van der Waals surface area contributed by atoms with E-state index in [1.807, 2.05) is 6.92 Å². The Hall–Kier alpha value is -3.48. The molecule has 0 aliphatic heterocycles. The highest BCUT2D eigenvalue weighted by atomic mass is 16.2. The van der Waals surface area contributed by atoms with Gasteiger partial charge < -0.3 is 5.32 Å². The fraction of sp³-hybridized carbons (Fsp3) is 0.304. The molecule has 0 bridgehead atoms. The summed E-state index contributed by atoms with van der Waals surface area (Å²) in [7, 11) is 0. The summed E-state index contributed by atoms with van der Waals surface area (Å²) >= 11 is 0. The van der Waals surface area contributed by atoms with Gasteiger partial charge in [-0.05, 0) is 37.6 Å². The number of anilines is 1. The van der Waals surface area contributed by atoms with E-state index < -0.39 is 11.6 Å². The number of carbonyl (C=O) groups is 2. The molecule has 0 saturated carbocycles. The first-order chi connectivity index (χ1) is 14.4. The Labute approximate surface area is 174 Å². The van der Waals surface area contributed by atoms with Crippen LogP contribution in [0.2, 0.25) is 0 Å². The molecular formula is C23H25N3O4. The molecule has 3 rings (SSSR count). The van der Waals surface area contributed by atoms with Crippen molar-refractivity contribution in [2.75, 3.05) is 5.32 Å². The number of benzene rings is 2. The number of nitrogens with one attached hydrogen (secondary N) is 1. The second kappa shape index (κ2) is 9.35. The summed E-state index contributed by atoms with van der Waals surface area (Å²) in [6.45, 7) is 3.58. The van der Waals surface area contributed by atoms with Gasteiger partial charge in [0.2, 0.25) is 5.91 Å². The summed E-state index contributed by atoms with van der Waals surface area (Å²) in [5.74, 6) is -0.519. The van der Waals surface area contributed by atoms with Crippen LogP contribution in [0.5, 0.6) is 0 Å². The maximum absolute atomic E-state index is 13.0. The number of nitrogens with zero attached hydrogens (tertiary/aromatic N) is 2. The molecule has 0 aliphatic carbocycles. The van der Waals surface area contributed by atoms with E-state index in [2.05, 4.69) is 5.32 Å². The van der Waals surface area contributed by atoms with Crippen LogP contribution in [-0.2, 0) is 17.9 Å². The summed E-state index contributed by atoms with van der Waals surface area (Å²) < 4.78 is 2.54. The number of fused-ring (bicyclic) bond motifs is 1. The van der Waals surface area contributed by atoms with Gasteiger partial charge in [0, 0.05) is 17.8 Å². The molecule has 7 nitrogen and oxygen atoms in total. The highest BCUT2D eigenvalue weighted by Crippen LogP contribution is 2.12. The zero-order valence-electron chi connectivity index (χ0n) is 17.2. The molecule has 1 aromatic heterocycles. The summed E-state index contributed by atoms with van der Waals surface area (Å²) in [6, 6.07) is 13.4. The van der Waals surface area contributed by atoms with Crippen molar-refractivity contribution in [2.24, 2.45) is 0 Å². The predicted octanol–water partition coefficient (Wildman–Crippen LogP) is 3.19. The van der Waals surface area contributed by atoms with E-state index >= 15 is 0 Å². The average Bonchev–Trinajstić information content (AvgIpc) is 2.74. The molecule has 7 heteroatoms. The largest absolute Gasteiger partial charge is 0.331 e. The minimum atomic E-state index is -0.498. The number of para-hydroxylation sites is 1. The number of rotatable bonds is 8. The van der Waals surface area contributed by atoms with Gasteiger partial charge in [0.1, 0.15) is 6.54 Å². The zero-order valence-corrected chi connectivity index (χ0v) is 17.2. The summed E-state index contributed by atoms with van der Waals surface area (Å²) in [5.41, 5.74) is 0.549. The fourth-order valence-corrected chi connectivity index (χ4v) is 3.40. The number of aromatic nitrogens is 2. The third-order valence-electron chi connectivity index (χ3n) is 4.97. The Bertz CT molecular complexity index is 1210. The third kappa shape index (κ3) is 4.56. The third-order valence-corrected chi connectivity index (χ3v) is 4.97. The van der Waals surface area contributed by atoms with Crippen molar-refractivity contribution in [1.29, 1.82) is 0 Å². The second-order valence-electron chi connectivity index (χ2n) is 7.23. The molecule has 0 spiro atoms. The molecule has 0 saturated heterocycles. The maximum atomic E-state index is 13.0. The molecule has 1 N–H and O–H groups in total. The molecule has 0 unspecified atom stereocenters. The van der Waals surface area contributed by atoms with Crippen LogP contribution in [0, 0.1) is 0 Å². The van der Waals surface area contributed by atoms with Gasteiger partial charge in [-0.15, -0.1) is 0 Å². The number of unbranched alkanes of at least 4 members (excludes halogenated alkanes) is 2. The molecule has 156 valence electrons. The van der Waals surface area contributed by atoms with Crippen LogP contribution < -0.4 is 16.6 Å². The van der Waals surface area contributed by atoms with Crippen LogP contribution in [0.15, 0.2) is 58.1 Å². The first-order valence-corrected chi connectivity index (χ1v) is 10.1. The molecule has 0 atom stereocenters. The van der Waals surface area contributed by atoms with Crippen molar-refractivity contribution < 1.29 is 9.59 Å². The van der Waals surface area contributed by atoms with Gasteiger partial charge in [-0.1, -0.05) is 44.0 Å². The quantitative estimate of drug-likeness (QED) is 0.459. The molecule has 2 aromatic carbocycles. The van der Waals surface area contributed by atoms with Gasteiger partial charge >= 0.3 is 5.69 Å². The number of hydrogen-bond donors (Lipinski definition) is 1. The molecule has 1 heterocycles. The lowest BCUT2D eigenvalue weighted by atomic mass is 10.1. The van der Waals surface area contributed by atoms with Crippen LogP contribution in [0.4, 0.5) is 5.69 Å². The summed E-state index contributed by atoms with van der Waals surface area (Å²) in [4.78, 5) is 50.0. The van der Waals surface area contributed by atoms with Gasteiger partial charge in [0.15, 0.2) is 5.78 Å². The Morgan fingerprint density at radius 3 is 2.47 bits per heavy atom. The Balaban J connectivity index is 1.95. The fourth-order valence-electron chi connectivity index (χ4n) is 3.40. The van der Waals surface area contributed by atoms with E-state index in [9.17, 15) is 19.2 Å². The first kappa shape index (κ1) is 21.2. The van der Waals surface area contributed by atoms with Gasteiger partial charge in [-0.3, -0.25) is 23.5 Å². The normalized spacial score (nSPS) is 10.9. The second-order valence-corrected chi connectivity index (χ2v) is 7.23. The highest BCUT2D eigenvalue weighted by Gasteiger charge is 2.15. The number of ketones is 1. The lowest BCUT2D eigenvalue weighted by molar-refractivity contribution is -0.116. The molecule has 30 heavy (non-hydrogen) atoms. The predicted molar refractivity (Wildman–Crippen MR) is 117 cm³/mol. The lowest BCUT2D eigenvalue weighted by Gasteiger charge is -2.14. The molecule has 0 fully saturated rings. The van der Waals surface area contributed by atoms with E-state index in [1.54, 1.807) is 48.5 Å². The minimum absolute atomic E-state index is 0.104. The molecule has 0 radical (unpaired) electrons. The first-order valence-electron chi connectivity index (χ1n) is 10.1. The van der Waals surface area contributed by atoms with Gasteiger partial charge in [0.05, 0.1) is 10.9 Å². The number of carbonyl (C=O) groups excluding carboxylic acids is 2. The van der Waals surface area contributed by atoms with Gasteiger partial charge in [-0.2, -0.15) is 0 Å². The van der Waals surface area contributed by atoms with Crippen LogP contribution in [0.1, 0.15) is 43.5 Å². The van der Waals surface area contributed by atoms with Crippen LogP contribution >= 0.6 is 0 Å². The number of Topliss-reactive ketones (excluding diaryl/α,β-unsaturated/α-hetero) is 1. The summed E-state index contributed by atoms with van der Waals surface area (Å²) in [6.07, 6.45) is 2.60. The molecule has 1 amide bonds. The van der Waals surface area contributed by atoms with E-state index in [0.29, 0.717) is 35.1 Å². The van der Waals surface area contributed by atoms with Crippen molar-refractivity contribution in [3.8, 4) is 0 Å². The maximum Gasteiger partial charge on any atom is 0.331 e. The van der Waals surface area contributed by atoms with Crippen molar-refractivity contribution in [3.63, 3.8) is 0 Å². The lowest BCUT2D eigenvalue weighted by Crippen LogP contribution is -2.41. The van der Waals surface area contributed by atoms with E-state index in [0.717, 1.165) is 12.8 Å². The van der Waals surface area contributed by atoms with Gasteiger partial charge in [0.25, 0.3) is 5.56 Å². The van der Waals surface area contributed by atoms with E-state index in [1.165, 1.54) is 16.1 Å². The van der Waals surface area contributed by atoms with E-state index in [4.69, 9.17) is 0 Å². The van der Waals surface area contributed by atoms with Crippen LogP contribution in [-0.4, -0.2) is 20.8 Å². The topological polar surface area (TPSA) is 90.2 Å². The molecular weight excluding hydrogens is 382 g/mol. The van der Waals surface area contributed by atoms with Gasteiger partial charge in [-0.25, -0.2) is 4.79 Å². The zero-order chi connectivity index (χ0) is 21.7. The highest BCUT2D eigenvalue weighted by molar-refractivity contribution is 5.97. The van der Waals surface area contributed by atoms with Crippen molar-refractivity contribution >= 4 is 28.3 Å². The monoisotopic (exact) mass is 407 g/mol. The average molecular weight is 407 g/mol. The van der Waals surface area contributed by atoms with Crippen LogP contribution in [0.25, 0.3) is 10.9 Å². The van der Waals surface area contributed by atoms with Crippen LogP contribution in [0.3, 0.4) is 0 Å². The SMILES string of the molecule is CCCCCn1c(=O)c2ccccc2n(CC(=O)Nc2cccc(C(C)=O)c2)c1=O. The van der Waals surface area contributed by atoms with Crippen molar-refractivity contribution in [1.82, 2.24) is 9.13 Å². The molecule has 3 aromatic rings. The Kier molecular flexibility index (Phi) is 6.61. The van der Waals surface area contributed by atoms with E-state index in [-0.39, 0.29) is 17.9 Å². The number of amides is 1. The molecule has 0 aliphatic rings. The van der Waals surface area contributed by atoms with Crippen molar-refractivity contribution in [2.45, 2.75) is 46.2 Å². The minimum Gasteiger partial charge on any atom is -0.325 e.